The Morgan fingerprint density at radius 1 is 1.11 bits per heavy atom. The lowest BCUT2D eigenvalue weighted by atomic mass is 10.1. The molecule has 1 N–H and O–H groups in total. The smallest absolute Gasteiger partial charge is 0.129 e. The van der Waals surface area contributed by atoms with Crippen molar-refractivity contribution in [2.75, 3.05) is 0 Å². The molecule has 0 bridgehead atoms. The number of aliphatic hydroxyl groups excluding tert-OH is 1. The maximum Gasteiger partial charge on any atom is 0.129 e. The van der Waals surface area contributed by atoms with E-state index in [4.69, 9.17) is 0 Å². The molecule has 0 radical (unpaired) electrons. The van der Waals surface area contributed by atoms with Gasteiger partial charge in [0.2, 0.25) is 0 Å². The quantitative estimate of drug-likeness (QED) is 0.266. The van der Waals surface area contributed by atoms with Gasteiger partial charge in [-0.2, -0.15) is 0 Å². The van der Waals surface area contributed by atoms with Crippen LogP contribution in [-0.2, 0) is 0 Å². The minimum atomic E-state index is -1.86. The number of hydrogen-bond donors (Lipinski definition) is 1. The molecule has 0 aromatic heterocycles. The molecule has 1 rings (SSSR count). The van der Waals surface area contributed by atoms with Crippen LogP contribution in [0.4, 0.5) is 0 Å². The Balaban J connectivity index is 3.26. The van der Waals surface area contributed by atoms with Crippen molar-refractivity contribution in [3.63, 3.8) is 0 Å². The van der Waals surface area contributed by atoms with Crippen molar-refractivity contribution in [1.82, 2.24) is 0 Å². The average Bonchev–Trinajstić information content (AvgIpc) is 2.51. The second-order valence-corrected chi connectivity index (χ2v) is 21.5. The molecular formula is C24H35IOSi2. The number of rotatable bonds is 3. The zero-order valence-corrected chi connectivity index (χ0v) is 23.0. The normalized spacial score (nSPS) is 15.0. The van der Waals surface area contributed by atoms with Crippen molar-refractivity contribution in [3.05, 3.63) is 45.0 Å². The first-order valence-electron chi connectivity index (χ1n) is 9.81. The molecule has 1 aromatic carbocycles. The second kappa shape index (κ2) is 9.80. The number of benzene rings is 1. The van der Waals surface area contributed by atoms with Crippen LogP contribution in [0.3, 0.4) is 0 Å². The second-order valence-electron chi connectivity index (χ2n) is 10.0. The van der Waals surface area contributed by atoms with E-state index < -0.39 is 22.3 Å². The molecule has 0 fully saturated rings. The Kier molecular flexibility index (Phi) is 8.84. The summed E-state index contributed by atoms with van der Waals surface area (Å²) in [5, 5.41) is 11.3. The van der Waals surface area contributed by atoms with Gasteiger partial charge in [0, 0.05) is 14.7 Å². The minimum Gasteiger partial charge on any atom is -0.388 e. The van der Waals surface area contributed by atoms with Crippen LogP contribution in [0.2, 0.25) is 43.3 Å². The molecule has 28 heavy (non-hydrogen) atoms. The number of halogens is 1. The van der Waals surface area contributed by atoms with Crippen LogP contribution in [-0.4, -0.2) is 27.4 Å². The molecule has 0 saturated carbocycles. The molecule has 2 atom stereocenters. The first kappa shape index (κ1) is 25.2. The van der Waals surface area contributed by atoms with E-state index in [-0.39, 0.29) is 10.6 Å². The summed E-state index contributed by atoms with van der Waals surface area (Å²) >= 11 is 2.30. The first-order valence-corrected chi connectivity index (χ1v) is 17.5. The minimum absolute atomic E-state index is 0.00663. The van der Waals surface area contributed by atoms with Crippen LogP contribution >= 0.6 is 22.6 Å². The van der Waals surface area contributed by atoms with Crippen molar-refractivity contribution in [3.8, 4) is 23.3 Å². The van der Waals surface area contributed by atoms with Gasteiger partial charge in [0.25, 0.3) is 0 Å². The van der Waals surface area contributed by atoms with Gasteiger partial charge in [-0.15, -0.1) is 11.5 Å². The largest absolute Gasteiger partial charge is 0.388 e. The van der Waals surface area contributed by atoms with Gasteiger partial charge in [-0.05, 0) is 58.3 Å². The topological polar surface area (TPSA) is 20.2 Å². The summed E-state index contributed by atoms with van der Waals surface area (Å²) < 4.78 is 1.14. The van der Waals surface area contributed by atoms with Crippen LogP contribution in [0.5, 0.6) is 0 Å². The van der Waals surface area contributed by atoms with E-state index in [1.165, 1.54) is 0 Å². The van der Waals surface area contributed by atoms with E-state index in [1.807, 2.05) is 31.2 Å². The highest BCUT2D eigenvalue weighted by molar-refractivity contribution is 14.1. The molecule has 1 nitrogen and oxygen atoms in total. The fourth-order valence-electron chi connectivity index (χ4n) is 2.58. The number of aliphatic hydroxyl groups is 1. The summed E-state index contributed by atoms with van der Waals surface area (Å²) in [7, 11) is -3.36. The first-order chi connectivity index (χ1) is 12.6. The Labute approximate surface area is 188 Å². The highest BCUT2D eigenvalue weighted by atomic mass is 127. The predicted octanol–water partition coefficient (Wildman–Crippen LogP) is 6.71. The van der Waals surface area contributed by atoms with E-state index >= 15 is 0 Å². The summed E-state index contributed by atoms with van der Waals surface area (Å²) in [4.78, 5) is 0. The van der Waals surface area contributed by atoms with Crippen molar-refractivity contribution in [1.29, 1.82) is 0 Å². The highest BCUT2D eigenvalue weighted by Gasteiger charge is 2.44. The van der Waals surface area contributed by atoms with Gasteiger partial charge in [0.15, 0.2) is 0 Å². The lowest BCUT2D eigenvalue weighted by molar-refractivity contribution is 0.224. The van der Waals surface area contributed by atoms with Gasteiger partial charge in [-0.3, -0.25) is 0 Å². The number of allylic oxidation sites excluding steroid dienone is 1. The fourth-order valence-corrected chi connectivity index (χ4v) is 6.15. The maximum atomic E-state index is 11.1. The van der Waals surface area contributed by atoms with Crippen LogP contribution < -0.4 is 0 Å². The van der Waals surface area contributed by atoms with Crippen LogP contribution in [0, 0.1) is 26.9 Å². The third kappa shape index (κ3) is 7.56. The molecule has 0 aliphatic rings. The third-order valence-corrected chi connectivity index (χ3v) is 13.1. The van der Waals surface area contributed by atoms with Gasteiger partial charge >= 0.3 is 0 Å². The summed E-state index contributed by atoms with van der Waals surface area (Å²) in [5.41, 5.74) is 5.42. The van der Waals surface area contributed by atoms with Crippen LogP contribution in [0.25, 0.3) is 0 Å². The van der Waals surface area contributed by atoms with E-state index in [9.17, 15) is 5.11 Å². The predicted molar refractivity (Wildman–Crippen MR) is 138 cm³/mol. The fraction of sp³-hybridized carbons (Fsp3) is 0.500. The maximum absolute atomic E-state index is 11.1. The van der Waals surface area contributed by atoms with E-state index in [2.05, 4.69) is 105 Å². The van der Waals surface area contributed by atoms with Crippen molar-refractivity contribution < 1.29 is 5.11 Å². The van der Waals surface area contributed by atoms with Gasteiger partial charge in [0.1, 0.15) is 8.07 Å². The standard InChI is InChI=1S/C24H35IOSi2/c1-19(14-15-20-12-10-11-13-21(20)25)18-22(26)23(16-17-27(5,6)7)28(8,9)24(2,3)4/h10-13,18,22-23,26H,1-9H3/b19-18-/t22-,23+/m0/s1. The molecule has 4 heteroatoms. The summed E-state index contributed by atoms with van der Waals surface area (Å²) in [6.07, 6.45) is 1.32. The van der Waals surface area contributed by atoms with Crippen LogP contribution in [0.15, 0.2) is 35.9 Å². The Morgan fingerprint density at radius 2 is 1.68 bits per heavy atom. The lowest BCUT2D eigenvalue weighted by Gasteiger charge is -2.42. The highest BCUT2D eigenvalue weighted by Crippen LogP contribution is 2.45. The molecular weight excluding hydrogens is 487 g/mol. The Hall–Kier alpha value is -0.796. The Morgan fingerprint density at radius 3 is 2.18 bits per heavy atom. The van der Waals surface area contributed by atoms with Gasteiger partial charge in [-0.1, -0.05) is 77.5 Å². The van der Waals surface area contributed by atoms with Crippen molar-refractivity contribution in [2.24, 2.45) is 0 Å². The molecule has 152 valence electrons. The molecule has 0 heterocycles. The average molecular weight is 523 g/mol. The van der Waals surface area contributed by atoms with E-state index in [0.717, 1.165) is 14.7 Å². The Bertz CT molecular complexity index is 834. The van der Waals surface area contributed by atoms with E-state index in [0.29, 0.717) is 0 Å². The molecule has 1 aromatic rings. The van der Waals surface area contributed by atoms with Crippen LogP contribution in [0.1, 0.15) is 33.3 Å². The zero-order chi connectivity index (χ0) is 21.8. The van der Waals surface area contributed by atoms with Crippen molar-refractivity contribution >= 4 is 38.7 Å². The monoisotopic (exact) mass is 522 g/mol. The molecule has 0 amide bonds. The zero-order valence-electron chi connectivity index (χ0n) is 18.9. The van der Waals surface area contributed by atoms with E-state index in [1.54, 1.807) is 0 Å². The molecule has 0 aliphatic carbocycles. The number of hydrogen-bond acceptors (Lipinski definition) is 1. The summed E-state index contributed by atoms with van der Waals surface area (Å²) in [6.45, 7) is 20.3. The molecule has 0 saturated heterocycles. The summed E-state index contributed by atoms with van der Waals surface area (Å²) in [6, 6.07) is 8.09. The van der Waals surface area contributed by atoms with Crippen molar-refractivity contribution in [2.45, 2.75) is 77.1 Å². The van der Waals surface area contributed by atoms with Gasteiger partial charge < -0.3 is 5.11 Å². The SMILES string of the molecule is C/C(C#Cc1ccccc1I)=C/[C@H](O)[C@@H](C#C[Si](C)(C)C)[Si](C)(C)C(C)(C)C. The molecule has 0 aliphatic heterocycles. The van der Waals surface area contributed by atoms with Gasteiger partial charge in [0.05, 0.1) is 14.2 Å². The lowest BCUT2D eigenvalue weighted by Crippen LogP contribution is -2.46. The summed E-state index contributed by atoms with van der Waals surface area (Å²) in [5.74, 6) is 9.96. The molecule has 0 unspecified atom stereocenters. The third-order valence-electron chi connectivity index (χ3n) is 5.34. The van der Waals surface area contributed by atoms with Gasteiger partial charge in [-0.25, -0.2) is 0 Å². The molecule has 0 spiro atoms.